The van der Waals surface area contributed by atoms with Gasteiger partial charge in [-0.25, -0.2) is 0 Å². The van der Waals surface area contributed by atoms with Crippen molar-refractivity contribution in [3.63, 3.8) is 0 Å². The summed E-state index contributed by atoms with van der Waals surface area (Å²) in [6, 6.07) is 7.54. The van der Waals surface area contributed by atoms with Gasteiger partial charge in [-0.15, -0.1) is 19.0 Å². The van der Waals surface area contributed by atoms with Crippen LogP contribution >= 0.6 is 12.4 Å². The van der Waals surface area contributed by atoms with E-state index in [2.05, 4.69) is 18.0 Å². The van der Waals surface area contributed by atoms with E-state index in [9.17, 15) is 9.59 Å². The molecule has 2 amide bonds. The van der Waals surface area contributed by atoms with Crippen LogP contribution in [0.3, 0.4) is 0 Å². The van der Waals surface area contributed by atoms with Gasteiger partial charge >= 0.3 is 0 Å². The van der Waals surface area contributed by atoms with Gasteiger partial charge < -0.3 is 15.1 Å². The number of nitrogens with zero attached hydrogens (tertiary/aromatic N) is 2. The maximum absolute atomic E-state index is 12.6. The predicted molar refractivity (Wildman–Crippen MR) is 92.9 cm³/mol. The molecule has 0 spiro atoms. The Kier molecular flexibility index (Phi) is 5.80. The molecular weight excluding hydrogens is 314 g/mol. The first-order valence-electron chi connectivity index (χ1n) is 7.72. The van der Waals surface area contributed by atoms with Crippen molar-refractivity contribution in [1.82, 2.24) is 10.2 Å². The lowest BCUT2D eigenvalue weighted by Crippen LogP contribution is -2.56. The molecule has 0 bridgehead atoms. The van der Waals surface area contributed by atoms with Crippen LogP contribution in [0.25, 0.3) is 0 Å². The van der Waals surface area contributed by atoms with Crippen molar-refractivity contribution < 1.29 is 9.59 Å². The van der Waals surface area contributed by atoms with E-state index in [0.717, 1.165) is 12.1 Å². The molecule has 0 radical (unpaired) electrons. The molecule has 6 heteroatoms. The zero-order valence-electron chi connectivity index (χ0n) is 13.0. The van der Waals surface area contributed by atoms with Crippen molar-refractivity contribution >= 4 is 29.9 Å². The first-order valence-corrected chi connectivity index (χ1v) is 7.72. The van der Waals surface area contributed by atoms with Gasteiger partial charge in [-0.3, -0.25) is 9.59 Å². The molecule has 1 atom stereocenters. The molecule has 2 aliphatic rings. The predicted octanol–water partition coefficient (Wildman–Crippen LogP) is 1.37. The van der Waals surface area contributed by atoms with Crippen LogP contribution in [0.4, 0.5) is 5.69 Å². The summed E-state index contributed by atoms with van der Waals surface area (Å²) in [6.45, 7) is 6.30. The molecule has 23 heavy (non-hydrogen) atoms. The molecule has 1 fully saturated rings. The fraction of sp³-hybridized carbons (Fsp3) is 0.412. The van der Waals surface area contributed by atoms with E-state index < -0.39 is 6.04 Å². The molecule has 0 aliphatic carbocycles. The van der Waals surface area contributed by atoms with Gasteiger partial charge in [-0.1, -0.05) is 24.3 Å². The van der Waals surface area contributed by atoms with Crippen molar-refractivity contribution in [2.45, 2.75) is 18.9 Å². The van der Waals surface area contributed by atoms with Crippen LogP contribution in [-0.2, 0) is 16.0 Å². The van der Waals surface area contributed by atoms with Crippen molar-refractivity contribution in [3.8, 4) is 0 Å². The number of hydrogen-bond acceptors (Lipinski definition) is 3. The molecule has 1 saturated heterocycles. The monoisotopic (exact) mass is 335 g/mol. The van der Waals surface area contributed by atoms with Gasteiger partial charge in [0.2, 0.25) is 11.8 Å². The van der Waals surface area contributed by atoms with Gasteiger partial charge in [0.05, 0.1) is 12.5 Å². The maximum atomic E-state index is 12.6. The number of amides is 2. The lowest BCUT2D eigenvalue weighted by Gasteiger charge is -2.33. The van der Waals surface area contributed by atoms with E-state index in [4.69, 9.17) is 0 Å². The van der Waals surface area contributed by atoms with E-state index in [1.807, 2.05) is 18.2 Å². The van der Waals surface area contributed by atoms with Crippen molar-refractivity contribution in [2.24, 2.45) is 0 Å². The summed E-state index contributed by atoms with van der Waals surface area (Å²) < 4.78 is 0. The molecule has 5 nitrogen and oxygen atoms in total. The summed E-state index contributed by atoms with van der Waals surface area (Å²) >= 11 is 0. The molecule has 2 heterocycles. The Morgan fingerprint density at radius 3 is 2.91 bits per heavy atom. The summed E-state index contributed by atoms with van der Waals surface area (Å²) in [5.74, 6) is 0.00300. The lowest BCUT2D eigenvalue weighted by atomic mass is 10.1. The summed E-state index contributed by atoms with van der Waals surface area (Å²) in [5.41, 5.74) is 2.19. The number of anilines is 1. The fourth-order valence-corrected chi connectivity index (χ4v) is 3.17. The highest BCUT2D eigenvalue weighted by atomic mass is 35.5. The Labute approximate surface area is 142 Å². The van der Waals surface area contributed by atoms with Crippen molar-refractivity contribution in [1.29, 1.82) is 0 Å². The van der Waals surface area contributed by atoms with Crippen LogP contribution < -0.4 is 10.2 Å². The van der Waals surface area contributed by atoms with Crippen molar-refractivity contribution in [2.75, 3.05) is 31.1 Å². The number of halogens is 1. The first-order chi connectivity index (χ1) is 10.7. The maximum Gasteiger partial charge on any atom is 0.240 e. The van der Waals surface area contributed by atoms with Gasteiger partial charge in [0, 0.05) is 31.9 Å². The molecule has 1 aromatic carbocycles. The molecule has 2 aliphatic heterocycles. The fourth-order valence-electron chi connectivity index (χ4n) is 3.17. The summed E-state index contributed by atoms with van der Waals surface area (Å²) in [4.78, 5) is 28.5. The third-order valence-corrected chi connectivity index (χ3v) is 4.30. The molecular formula is C17H22ClN3O2. The second-order valence-corrected chi connectivity index (χ2v) is 5.71. The van der Waals surface area contributed by atoms with Crippen LogP contribution in [0.2, 0.25) is 0 Å². The van der Waals surface area contributed by atoms with Crippen molar-refractivity contribution in [3.05, 3.63) is 42.5 Å². The molecule has 0 saturated carbocycles. The molecule has 1 aromatic rings. The highest BCUT2D eigenvalue weighted by Crippen LogP contribution is 2.28. The Balaban J connectivity index is 0.00000192. The van der Waals surface area contributed by atoms with E-state index >= 15 is 0 Å². The van der Waals surface area contributed by atoms with E-state index in [-0.39, 0.29) is 30.6 Å². The lowest BCUT2D eigenvalue weighted by molar-refractivity contribution is -0.137. The normalized spacial score (nSPS) is 20.0. The van der Waals surface area contributed by atoms with Gasteiger partial charge in [-0.05, 0) is 18.1 Å². The quantitative estimate of drug-likeness (QED) is 0.846. The number of fused-ring (bicyclic) bond motifs is 1. The Morgan fingerprint density at radius 2 is 2.13 bits per heavy atom. The zero-order valence-corrected chi connectivity index (χ0v) is 13.8. The van der Waals surface area contributed by atoms with Gasteiger partial charge in [0.1, 0.15) is 0 Å². The summed E-state index contributed by atoms with van der Waals surface area (Å²) in [6.07, 6.45) is 2.82. The number of hydrogen-bond donors (Lipinski definition) is 1. The number of piperazine rings is 1. The standard InChI is InChI=1S/C17H21N3O2.ClH/c1-2-9-19-11-8-18-14(17(19)22)12-16(21)20-10-7-13-5-3-4-6-15(13)20;/h2-6,14,18H,1,7-12H2;1H. The van der Waals surface area contributed by atoms with E-state index in [0.29, 0.717) is 26.2 Å². The number of rotatable bonds is 4. The van der Waals surface area contributed by atoms with Crippen LogP contribution in [0, 0.1) is 0 Å². The smallest absolute Gasteiger partial charge is 0.240 e. The van der Waals surface area contributed by atoms with Crippen LogP contribution in [-0.4, -0.2) is 48.9 Å². The third kappa shape index (κ3) is 3.57. The van der Waals surface area contributed by atoms with Crippen LogP contribution in [0.5, 0.6) is 0 Å². The Morgan fingerprint density at radius 1 is 1.35 bits per heavy atom. The minimum Gasteiger partial charge on any atom is -0.336 e. The zero-order chi connectivity index (χ0) is 15.5. The van der Waals surface area contributed by atoms with Crippen LogP contribution in [0.1, 0.15) is 12.0 Å². The average molecular weight is 336 g/mol. The van der Waals surface area contributed by atoms with Gasteiger partial charge in [0.15, 0.2) is 0 Å². The minimum atomic E-state index is -0.422. The first kappa shape index (κ1) is 17.5. The minimum absolute atomic E-state index is 0. The van der Waals surface area contributed by atoms with Gasteiger partial charge in [0.25, 0.3) is 0 Å². The number of carbonyl (C=O) groups is 2. The Hall–Kier alpha value is -1.85. The Bertz CT molecular complexity index is 605. The number of nitrogens with one attached hydrogen (secondary N) is 1. The number of para-hydroxylation sites is 1. The second-order valence-electron chi connectivity index (χ2n) is 5.71. The molecule has 1 unspecified atom stereocenters. The van der Waals surface area contributed by atoms with E-state index in [1.165, 1.54) is 5.56 Å². The molecule has 0 aromatic heterocycles. The summed E-state index contributed by atoms with van der Waals surface area (Å²) in [5, 5.41) is 3.16. The van der Waals surface area contributed by atoms with E-state index in [1.54, 1.807) is 15.9 Å². The SMILES string of the molecule is C=CCN1CCNC(CC(=O)N2CCc3ccccc32)C1=O.Cl. The molecule has 1 N–H and O–H groups in total. The average Bonchev–Trinajstić information content (AvgIpc) is 2.95. The molecule has 124 valence electrons. The number of benzene rings is 1. The molecule has 3 rings (SSSR count). The third-order valence-electron chi connectivity index (χ3n) is 4.30. The highest BCUT2D eigenvalue weighted by molar-refractivity contribution is 5.98. The summed E-state index contributed by atoms with van der Waals surface area (Å²) in [7, 11) is 0. The second kappa shape index (κ2) is 7.62. The van der Waals surface area contributed by atoms with Gasteiger partial charge in [-0.2, -0.15) is 0 Å². The number of carbonyl (C=O) groups excluding carboxylic acids is 2. The topological polar surface area (TPSA) is 52.7 Å². The largest absolute Gasteiger partial charge is 0.336 e. The highest BCUT2D eigenvalue weighted by Gasteiger charge is 2.32. The van der Waals surface area contributed by atoms with Crippen LogP contribution in [0.15, 0.2) is 36.9 Å².